The molecule has 1 aliphatic rings. The number of β-lactam (4-membered cyclic amide) rings is 1. The Hall–Kier alpha value is -2.04. The summed E-state index contributed by atoms with van der Waals surface area (Å²) < 4.78 is 0. The first kappa shape index (κ1) is 14.4. The van der Waals surface area contributed by atoms with Crippen molar-refractivity contribution in [2.24, 2.45) is 0 Å². The van der Waals surface area contributed by atoms with Gasteiger partial charge in [0.15, 0.2) is 0 Å². The summed E-state index contributed by atoms with van der Waals surface area (Å²) in [5, 5.41) is 2.87. The molecule has 0 atom stereocenters. The summed E-state index contributed by atoms with van der Waals surface area (Å²) in [4.78, 5) is 27.4. The molecule has 1 N–H and O–H groups in total. The quantitative estimate of drug-likeness (QED) is 0.851. The van der Waals surface area contributed by atoms with Gasteiger partial charge in [0.05, 0.1) is 0 Å². The maximum atomic E-state index is 12.3. The van der Waals surface area contributed by atoms with Crippen LogP contribution in [-0.4, -0.2) is 42.9 Å². The monoisotopic (exact) mass is 275 g/mol. The van der Waals surface area contributed by atoms with Gasteiger partial charge in [0.2, 0.25) is 11.8 Å². The number of rotatable bonds is 4. The van der Waals surface area contributed by atoms with Crippen molar-refractivity contribution < 1.29 is 9.59 Å². The molecule has 0 bridgehead atoms. The van der Waals surface area contributed by atoms with Gasteiger partial charge in [-0.25, -0.2) is 0 Å². The normalized spacial score (nSPS) is 14.8. The molecular formula is C15H21N3O2. The molecule has 0 radical (unpaired) electrons. The van der Waals surface area contributed by atoms with Crippen LogP contribution in [0.1, 0.15) is 20.3 Å². The molecule has 108 valence electrons. The second kappa shape index (κ2) is 5.15. The van der Waals surface area contributed by atoms with Crippen LogP contribution in [0.25, 0.3) is 0 Å². The smallest absolute Gasteiger partial charge is 0.249 e. The Morgan fingerprint density at radius 2 is 1.85 bits per heavy atom. The number of carbonyl (C=O) groups is 2. The Balaban J connectivity index is 2.05. The average molecular weight is 275 g/mol. The van der Waals surface area contributed by atoms with Crippen LogP contribution in [0.4, 0.5) is 11.4 Å². The lowest BCUT2D eigenvalue weighted by atomic mass is 9.96. The van der Waals surface area contributed by atoms with E-state index in [9.17, 15) is 9.59 Å². The zero-order chi connectivity index (χ0) is 14.9. The minimum Gasteiger partial charge on any atom is -0.378 e. The summed E-state index contributed by atoms with van der Waals surface area (Å²) in [6, 6.07) is 7.61. The van der Waals surface area contributed by atoms with Gasteiger partial charge in [0, 0.05) is 38.4 Å². The Labute approximate surface area is 119 Å². The van der Waals surface area contributed by atoms with Crippen molar-refractivity contribution in [3.63, 3.8) is 0 Å². The number of nitrogens with zero attached hydrogens (tertiary/aromatic N) is 2. The topological polar surface area (TPSA) is 52.7 Å². The van der Waals surface area contributed by atoms with Gasteiger partial charge in [-0.15, -0.1) is 0 Å². The van der Waals surface area contributed by atoms with Crippen LogP contribution in [0, 0.1) is 0 Å². The number of benzene rings is 1. The summed E-state index contributed by atoms with van der Waals surface area (Å²) in [6.45, 7) is 4.19. The minimum atomic E-state index is -0.810. The summed E-state index contributed by atoms with van der Waals surface area (Å²) >= 11 is 0. The van der Waals surface area contributed by atoms with E-state index in [1.807, 2.05) is 43.3 Å². The van der Waals surface area contributed by atoms with Crippen molar-refractivity contribution in [2.75, 3.05) is 30.9 Å². The van der Waals surface area contributed by atoms with Gasteiger partial charge in [-0.2, -0.15) is 0 Å². The number of carbonyl (C=O) groups excluding carboxylic acids is 2. The highest BCUT2D eigenvalue weighted by Gasteiger charge is 2.42. The Morgan fingerprint density at radius 3 is 2.25 bits per heavy atom. The van der Waals surface area contributed by atoms with Crippen LogP contribution in [0.3, 0.4) is 0 Å². The molecule has 1 saturated heterocycles. The first-order chi connectivity index (χ1) is 9.32. The van der Waals surface area contributed by atoms with Gasteiger partial charge in [0.25, 0.3) is 0 Å². The highest BCUT2D eigenvalue weighted by molar-refractivity contribution is 6.01. The number of nitrogens with one attached hydrogen (secondary N) is 1. The van der Waals surface area contributed by atoms with Crippen LogP contribution >= 0.6 is 0 Å². The van der Waals surface area contributed by atoms with E-state index in [0.29, 0.717) is 13.0 Å². The molecule has 1 aromatic carbocycles. The van der Waals surface area contributed by atoms with E-state index in [4.69, 9.17) is 0 Å². The third-order valence-corrected chi connectivity index (χ3v) is 3.72. The molecule has 5 nitrogen and oxygen atoms in total. The zero-order valence-corrected chi connectivity index (χ0v) is 12.4. The third-order valence-electron chi connectivity index (χ3n) is 3.72. The zero-order valence-electron chi connectivity index (χ0n) is 12.4. The molecule has 1 aromatic rings. The van der Waals surface area contributed by atoms with Crippen molar-refractivity contribution in [1.29, 1.82) is 0 Å². The van der Waals surface area contributed by atoms with E-state index in [1.165, 1.54) is 0 Å². The molecule has 2 rings (SSSR count). The van der Waals surface area contributed by atoms with Crippen LogP contribution in [0.5, 0.6) is 0 Å². The standard InChI is InChI=1S/C15H21N3O2/c1-15(2,18-10-9-13(18)19)14(20)16-11-5-7-12(8-6-11)17(3)4/h5-8H,9-10H2,1-4H3,(H,16,20). The van der Waals surface area contributed by atoms with Crippen LogP contribution < -0.4 is 10.2 Å². The molecule has 0 unspecified atom stereocenters. The van der Waals surface area contributed by atoms with Gasteiger partial charge < -0.3 is 15.1 Å². The average Bonchev–Trinajstić information content (AvgIpc) is 2.37. The van der Waals surface area contributed by atoms with Crippen LogP contribution in [0.15, 0.2) is 24.3 Å². The second-order valence-electron chi connectivity index (χ2n) is 5.75. The fraction of sp³-hybridized carbons (Fsp3) is 0.467. The van der Waals surface area contributed by atoms with Crippen molar-refractivity contribution in [1.82, 2.24) is 4.90 Å². The molecular weight excluding hydrogens is 254 g/mol. The molecule has 0 spiro atoms. The number of hydrogen-bond acceptors (Lipinski definition) is 3. The summed E-state index contributed by atoms with van der Waals surface area (Å²) in [5.41, 5.74) is 0.997. The largest absolute Gasteiger partial charge is 0.378 e. The molecule has 1 aliphatic heterocycles. The molecule has 0 aromatic heterocycles. The molecule has 1 fully saturated rings. The molecule has 0 aliphatic carbocycles. The lowest BCUT2D eigenvalue weighted by Crippen LogP contribution is -2.60. The summed E-state index contributed by atoms with van der Waals surface area (Å²) in [5.74, 6) is -0.128. The van der Waals surface area contributed by atoms with Crippen molar-refractivity contribution in [2.45, 2.75) is 25.8 Å². The summed E-state index contributed by atoms with van der Waals surface area (Å²) in [7, 11) is 3.93. The third kappa shape index (κ3) is 2.61. The van der Waals surface area contributed by atoms with E-state index in [-0.39, 0.29) is 11.8 Å². The lowest BCUT2D eigenvalue weighted by Gasteiger charge is -2.42. The summed E-state index contributed by atoms with van der Waals surface area (Å²) in [6.07, 6.45) is 0.536. The fourth-order valence-electron chi connectivity index (χ4n) is 2.16. The lowest BCUT2D eigenvalue weighted by molar-refractivity contribution is -0.152. The van der Waals surface area contributed by atoms with Crippen molar-refractivity contribution in [3.8, 4) is 0 Å². The maximum absolute atomic E-state index is 12.3. The molecule has 0 saturated carbocycles. The highest BCUT2D eigenvalue weighted by atomic mass is 16.2. The van der Waals surface area contributed by atoms with E-state index in [1.54, 1.807) is 18.7 Å². The Kier molecular flexibility index (Phi) is 3.70. The second-order valence-corrected chi connectivity index (χ2v) is 5.75. The predicted molar refractivity (Wildman–Crippen MR) is 79.8 cm³/mol. The molecule has 20 heavy (non-hydrogen) atoms. The SMILES string of the molecule is CN(C)c1ccc(NC(=O)C(C)(C)N2CCC2=O)cc1. The predicted octanol–water partition coefficient (Wildman–Crippen LogP) is 1.70. The van der Waals surface area contributed by atoms with E-state index < -0.39 is 5.54 Å². The van der Waals surface area contributed by atoms with Gasteiger partial charge in [-0.3, -0.25) is 9.59 Å². The first-order valence-corrected chi connectivity index (χ1v) is 6.71. The van der Waals surface area contributed by atoms with E-state index >= 15 is 0 Å². The highest BCUT2D eigenvalue weighted by Crippen LogP contribution is 2.25. The molecule has 5 heteroatoms. The van der Waals surface area contributed by atoms with E-state index in [0.717, 1.165) is 11.4 Å². The number of hydrogen-bond donors (Lipinski definition) is 1. The minimum absolute atomic E-state index is 0.0353. The van der Waals surface area contributed by atoms with E-state index in [2.05, 4.69) is 5.32 Å². The van der Waals surface area contributed by atoms with Gasteiger partial charge >= 0.3 is 0 Å². The van der Waals surface area contributed by atoms with Gasteiger partial charge in [0.1, 0.15) is 5.54 Å². The number of amides is 2. The molecule has 1 heterocycles. The number of likely N-dealkylation sites (tertiary alicyclic amines) is 1. The van der Waals surface area contributed by atoms with Crippen molar-refractivity contribution in [3.05, 3.63) is 24.3 Å². The Bertz CT molecular complexity index is 520. The van der Waals surface area contributed by atoms with Crippen LogP contribution in [0.2, 0.25) is 0 Å². The number of anilines is 2. The Morgan fingerprint density at radius 1 is 1.25 bits per heavy atom. The van der Waals surface area contributed by atoms with Gasteiger partial charge in [-0.05, 0) is 38.1 Å². The molecule has 2 amide bonds. The fourth-order valence-corrected chi connectivity index (χ4v) is 2.16. The first-order valence-electron chi connectivity index (χ1n) is 6.71. The van der Waals surface area contributed by atoms with Crippen molar-refractivity contribution >= 4 is 23.2 Å². The van der Waals surface area contributed by atoms with Gasteiger partial charge in [-0.1, -0.05) is 0 Å². The van der Waals surface area contributed by atoms with Crippen LogP contribution in [-0.2, 0) is 9.59 Å². The maximum Gasteiger partial charge on any atom is 0.249 e.